The van der Waals surface area contributed by atoms with Gasteiger partial charge in [0.1, 0.15) is 5.65 Å². The normalized spacial score (nSPS) is 10.6. The van der Waals surface area contributed by atoms with E-state index in [1.54, 1.807) is 6.92 Å². The highest BCUT2D eigenvalue weighted by atomic mass is 16.5. The van der Waals surface area contributed by atoms with E-state index >= 15 is 0 Å². The molecule has 0 saturated heterocycles. The highest BCUT2D eigenvalue weighted by Crippen LogP contribution is 2.22. The predicted octanol–water partition coefficient (Wildman–Crippen LogP) is 0.390. The van der Waals surface area contributed by atoms with Crippen LogP contribution in [0.15, 0.2) is 17.1 Å². The number of hydrogen-bond acceptors (Lipinski definition) is 5. The molecule has 0 radical (unpaired) electrons. The molecule has 7 nitrogen and oxygen atoms in total. The molecule has 2 rings (SSSR count). The summed E-state index contributed by atoms with van der Waals surface area (Å²) in [4.78, 5) is 37.9. The second-order valence-corrected chi connectivity index (χ2v) is 3.76. The Kier molecular flexibility index (Phi) is 2.74. The smallest absolute Gasteiger partial charge is 0.353 e. The van der Waals surface area contributed by atoms with Crippen LogP contribution in [0.3, 0.4) is 0 Å². The zero-order valence-electron chi connectivity index (χ0n) is 10.1. The van der Waals surface area contributed by atoms with Crippen molar-refractivity contribution >= 4 is 17.5 Å². The maximum absolute atomic E-state index is 11.7. The van der Waals surface area contributed by atoms with Crippen LogP contribution in [0.25, 0.3) is 5.65 Å². The molecule has 0 N–H and O–H groups in total. The number of aryl methyl sites for hydroxylation is 1. The molecule has 0 spiro atoms. The van der Waals surface area contributed by atoms with Crippen molar-refractivity contribution in [1.29, 1.82) is 0 Å². The maximum atomic E-state index is 11.7. The fourth-order valence-corrected chi connectivity index (χ4v) is 1.81. The fourth-order valence-electron chi connectivity index (χ4n) is 1.81. The van der Waals surface area contributed by atoms with Crippen LogP contribution in [0.2, 0.25) is 0 Å². The molecule has 0 aliphatic heterocycles. The maximum Gasteiger partial charge on any atom is 0.353 e. The number of imidazole rings is 1. The molecule has 2 heterocycles. The Morgan fingerprint density at radius 3 is 2.56 bits per heavy atom. The van der Waals surface area contributed by atoms with Crippen LogP contribution in [-0.2, 0) is 4.79 Å². The number of fused-ring (bicyclic) bond motifs is 1. The zero-order valence-corrected chi connectivity index (χ0v) is 10.1. The lowest BCUT2D eigenvalue weighted by molar-refractivity contribution is -0.132. The Morgan fingerprint density at radius 1 is 1.33 bits per heavy atom. The first-order chi connectivity index (χ1) is 8.43. The highest BCUT2D eigenvalue weighted by molar-refractivity contribution is 5.84. The molecule has 0 fully saturated rings. The Morgan fingerprint density at radius 2 is 2.00 bits per heavy atom. The van der Waals surface area contributed by atoms with Crippen LogP contribution in [0, 0.1) is 6.92 Å². The molecule has 0 atom stereocenters. The van der Waals surface area contributed by atoms with E-state index in [1.165, 1.54) is 35.1 Å². The van der Waals surface area contributed by atoms with Crippen LogP contribution in [0.1, 0.15) is 24.3 Å². The molecule has 2 aromatic rings. The minimum Gasteiger partial charge on any atom is -0.407 e. The van der Waals surface area contributed by atoms with E-state index in [1.807, 2.05) is 0 Å². The van der Waals surface area contributed by atoms with Gasteiger partial charge in [-0.25, -0.2) is 18.7 Å². The van der Waals surface area contributed by atoms with E-state index in [0.29, 0.717) is 11.3 Å². The van der Waals surface area contributed by atoms with Gasteiger partial charge in [0.05, 0.1) is 5.69 Å². The number of hydrogen-bond donors (Lipinski definition) is 0. The topological polar surface area (TPSA) is 82.7 Å². The van der Waals surface area contributed by atoms with Crippen LogP contribution in [0.4, 0.5) is 0 Å². The van der Waals surface area contributed by atoms with E-state index in [-0.39, 0.29) is 11.8 Å². The molecule has 0 unspecified atom stereocenters. The molecular weight excluding hydrogens is 238 g/mol. The summed E-state index contributed by atoms with van der Waals surface area (Å²) >= 11 is 0. The minimum absolute atomic E-state index is 0.0418. The Hall–Kier alpha value is -2.44. The molecule has 7 heteroatoms. The van der Waals surface area contributed by atoms with E-state index < -0.39 is 11.7 Å². The van der Waals surface area contributed by atoms with E-state index in [4.69, 9.17) is 4.74 Å². The van der Waals surface area contributed by atoms with Crippen molar-refractivity contribution < 1.29 is 14.3 Å². The molecule has 18 heavy (non-hydrogen) atoms. The van der Waals surface area contributed by atoms with E-state index in [9.17, 15) is 14.4 Å². The van der Waals surface area contributed by atoms with Gasteiger partial charge in [-0.1, -0.05) is 0 Å². The van der Waals surface area contributed by atoms with Crippen LogP contribution < -0.4 is 10.4 Å². The van der Waals surface area contributed by atoms with E-state index in [2.05, 4.69) is 4.98 Å². The summed E-state index contributed by atoms with van der Waals surface area (Å²) in [5, 5.41) is 0. The summed E-state index contributed by atoms with van der Waals surface area (Å²) < 4.78 is 7.38. The molecule has 2 aromatic heterocycles. The number of nitrogens with zero attached hydrogens (tertiary/aromatic N) is 3. The van der Waals surface area contributed by atoms with Crippen molar-refractivity contribution in [2.24, 2.45) is 0 Å². The van der Waals surface area contributed by atoms with Gasteiger partial charge in [-0.2, -0.15) is 0 Å². The molecule has 0 amide bonds. The monoisotopic (exact) mass is 249 g/mol. The molecule has 0 aromatic carbocycles. The summed E-state index contributed by atoms with van der Waals surface area (Å²) in [6.45, 7) is 4.12. The van der Waals surface area contributed by atoms with Gasteiger partial charge in [-0.3, -0.25) is 9.59 Å². The summed E-state index contributed by atoms with van der Waals surface area (Å²) in [5.74, 6) is -0.882. The van der Waals surface area contributed by atoms with Crippen molar-refractivity contribution in [3.05, 3.63) is 28.4 Å². The molecule has 0 aliphatic carbocycles. The largest absolute Gasteiger partial charge is 0.407 e. The number of carbonyl (C=O) groups excluding carboxylic acids is 2. The number of ether oxygens (including phenoxy) is 1. The van der Waals surface area contributed by atoms with Gasteiger partial charge in [0.2, 0.25) is 11.8 Å². The lowest BCUT2D eigenvalue weighted by atomic mass is 10.5. The third-order valence-electron chi connectivity index (χ3n) is 2.46. The van der Waals surface area contributed by atoms with Crippen LogP contribution >= 0.6 is 0 Å². The van der Waals surface area contributed by atoms with Gasteiger partial charge in [0.25, 0.3) is 0 Å². The third kappa shape index (κ3) is 1.69. The Balaban J connectivity index is 2.92. The average molecular weight is 249 g/mol. The quantitative estimate of drug-likeness (QED) is 0.683. The van der Waals surface area contributed by atoms with E-state index in [0.717, 1.165) is 0 Å². The lowest BCUT2D eigenvalue weighted by Gasteiger charge is -2.04. The molecule has 0 bridgehead atoms. The SMILES string of the molecule is CC(=O)Oc1c(C)n2c(=O)nccc2n1C(C)=O. The van der Waals surface area contributed by atoms with Crippen molar-refractivity contribution in [2.45, 2.75) is 20.8 Å². The van der Waals surface area contributed by atoms with Gasteiger partial charge >= 0.3 is 11.7 Å². The molecule has 0 aliphatic rings. The van der Waals surface area contributed by atoms with Gasteiger partial charge in [0, 0.05) is 20.0 Å². The zero-order chi connectivity index (χ0) is 13.4. The standard InChI is InChI=1S/C11H11N3O4/c1-6-10(18-8(3)16)14(7(2)15)9-4-5-12-11(17)13(6)9/h4-5H,1-3H3. The predicted molar refractivity (Wildman–Crippen MR) is 61.8 cm³/mol. The van der Waals surface area contributed by atoms with Crippen LogP contribution in [0.5, 0.6) is 5.88 Å². The second kappa shape index (κ2) is 4.10. The minimum atomic E-state index is -0.565. The third-order valence-corrected chi connectivity index (χ3v) is 2.46. The molecule has 0 saturated carbocycles. The first-order valence-electron chi connectivity index (χ1n) is 5.22. The van der Waals surface area contributed by atoms with Crippen molar-refractivity contribution in [3.8, 4) is 5.88 Å². The second-order valence-electron chi connectivity index (χ2n) is 3.76. The fraction of sp³-hybridized carbons (Fsp3) is 0.273. The average Bonchev–Trinajstić information content (AvgIpc) is 2.53. The number of aromatic nitrogens is 3. The summed E-state index contributed by atoms with van der Waals surface area (Å²) in [7, 11) is 0. The first kappa shape index (κ1) is 12.0. The van der Waals surface area contributed by atoms with Crippen molar-refractivity contribution in [2.75, 3.05) is 0 Å². The van der Waals surface area contributed by atoms with Gasteiger partial charge in [-0.15, -0.1) is 0 Å². The number of esters is 1. The van der Waals surface area contributed by atoms with Crippen molar-refractivity contribution in [3.63, 3.8) is 0 Å². The molecular formula is C11H11N3O4. The van der Waals surface area contributed by atoms with Crippen molar-refractivity contribution in [1.82, 2.24) is 14.0 Å². The van der Waals surface area contributed by atoms with Gasteiger partial charge in [0.15, 0.2) is 0 Å². The van der Waals surface area contributed by atoms with Gasteiger partial charge in [-0.05, 0) is 13.0 Å². The number of carbonyl (C=O) groups is 2. The van der Waals surface area contributed by atoms with Gasteiger partial charge < -0.3 is 4.74 Å². The lowest BCUT2D eigenvalue weighted by Crippen LogP contribution is -2.17. The number of rotatable bonds is 1. The summed E-state index contributed by atoms with van der Waals surface area (Å²) in [5.41, 5.74) is 0.142. The molecule has 94 valence electrons. The first-order valence-corrected chi connectivity index (χ1v) is 5.22. The Bertz CT molecular complexity index is 711. The van der Waals surface area contributed by atoms with Crippen LogP contribution in [-0.4, -0.2) is 25.8 Å². The highest BCUT2D eigenvalue weighted by Gasteiger charge is 2.20. The Labute approximate surface area is 102 Å². The summed E-state index contributed by atoms with van der Waals surface area (Å²) in [6.07, 6.45) is 1.30. The summed E-state index contributed by atoms with van der Waals surface area (Å²) in [6, 6.07) is 1.50.